The van der Waals surface area contributed by atoms with Crippen molar-refractivity contribution in [1.82, 2.24) is 9.88 Å². The van der Waals surface area contributed by atoms with Crippen molar-refractivity contribution in [2.45, 2.75) is 26.3 Å². The molecule has 106 valence electrons. The van der Waals surface area contributed by atoms with E-state index in [1.165, 1.54) is 0 Å². The molecular weight excluding hydrogens is 242 g/mol. The molecule has 5 heteroatoms. The summed E-state index contributed by atoms with van der Waals surface area (Å²) in [6, 6.07) is 3.71. The molecule has 0 radical (unpaired) electrons. The number of hydrogen-bond donors (Lipinski definition) is 1. The number of hydrogen-bond acceptors (Lipinski definition) is 5. The van der Waals surface area contributed by atoms with Crippen LogP contribution >= 0.6 is 0 Å². The molecule has 0 amide bonds. The van der Waals surface area contributed by atoms with Gasteiger partial charge in [0.15, 0.2) is 0 Å². The van der Waals surface area contributed by atoms with Crippen LogP contribution in [-0.4, -0.2) is 49.1 Å². The van der Waals surface area contributed by atoms with Crippen LogP contribution in [0.3, 0.4) is 0 Å². The summed E-state index contributed by atoms with van der Waals surface area (Å²) in [5.74, 6) is 0.255. The fourth-order valence-corrected chi connectivity index (χ4v) is 1.65. The third-order valence-corrected chi connectivity index (χ3v) is 2.70. The fourth-order valence-electron chi connectivity index (χ4n) is 1.65. The zero-order valence-corrected chi connectivity index (χ0v) is 12.1. The van der Waals surface area contributed by atoms with Gasteiger partial charge >= 0.3 is 5.97 Å². The number of esters is 1. The highest BCUT2D eigenvalue weighted by molar-refractivity contribution is 5.94. The molecule has 0 spiro atoms. The Morgan fingerprint density at radius 1 is 1.53 bits per heavy atom. The molecule has 1 rings (SSSR count). The second-order valence-electron chi connectivity index (χ2n) is 4.76. The maximum atomic E-state index is 11.8. The summed E-state index contributed by atoms with van der Waals surface area (Å²) in [6.45, 7) is 5.22. The second-order valence-corrected chi connectivity index (χ2v) is 4.76. The number of carbonyl (C=O) groups excluding carboxylic acids is 1. The molecule has 0 aliphatic carbocycles. The summed E-state index contributed by atoms with van der Waals surface area (Å²) in [4.78, 5) is 18.2. The van der Waals surface area contributed by atoms with E-state index < -0.39 is 0 Å². The van der Waals surface area contributed by atoms with Gasteiger partial charge in [0.1, 0.15) is 11.4 Å². The molecule has 0 fully saturated rings. The Balaban J connectivity index is 2.69. The van der Waals surface area contributed by atoms with Gasteiger partial charge < -0.3 is 15.0 Å². The van der Waals surface area contributed by atoms with Crippen LogP contribution in [0.5, 0.6) is 0 Å². The molecule has 0 aliphatic heterocycles. The van der Waals surface area contributed by atoms with Gasteiger partial charge in [-0.1, -0.05) is 0 Å². The third kappa shape index (κ3) is 5.26. The Morgan fingerprint density at radius 3 is 2.89 bits per heavy atom. The number of carbonyl (C=O) groups is 1. The SMILES string of the molecule is CCOC(=O)c1cccnc1NC(C)CCN(C)C. The first-order valence-electron chi connectivity index (χ1n) is 6.58. The van der Waals surface area contributed by atoms with Crippen molar-refractivity contribution in [3.8, 4) is 0 Å². The van der Waals surface area contributed by atoms with Crippen molar-refractivity contribution >= 4 is 11.8 Å². The molecule has 1 heterocycles. The molecule has 1 N–H and O–H groups in total. The van der Waals surface area contributed by atoms with E-state index in [1.807, 2.05) is 14.1 Å². The first kappa shape index (κ1) is 15.4. The predicted molar refractivity (Wildman–Crippen MR) is 76.4 cm³/mol. The molecule has 1 unspecified atom stereocenters. The number of nitrogens with zero attached hydrogens (tertiary/aromatic N) is 2. The van der Waals surface area contributed by atoms with Crippen LogP contribution < -0.4 is 5.32 Å². The van der Waals surface area contributed by atoms with Crippen molar-refractivity contribution in [3.63, 3.8) is 0 Å². The average molecular weight is 265 g/mol. The summed E-state index contributed by atoms with van der Waals surface area (Å²) >= 11 is 0. The van der Waals surface area contributed by atoms with E-state index in [4.69, 9.17) is 4.74 Å². The van der Waals surface area contributed by atoms with Crippen molar-refractivity contribution in [3.05, 3.63) is 23.9 Å². The van der Waals surface area contributed by atoms with Gasteiger partial charge in [-0.05, 0) is 53.0 Å². The van der Waals surface area contributed by atoms with E-state index in [-0.39, 0.29) is 12.0 Å². The highest BCUT2D eigenvalue weighted by Gasteiger charge is 2.14. The molecule has 1 aromatic rings. The summed E-state index contributed by atoms with van der Waals surface area (Å²) < 4.78 is 5.02. The molecule has 1 atom stereocenters. The molecule has 0 aliphatic rings. The zero-order chi connectivity index (χ0) is 14.3. The molecule has 5 nitrogen and oxygen atoms in total. The zero-order valence-electron chi connectivity index (χ0n) is 12.1. The van der Waals surface area contributed by atoms with Crippen LogP contribution in [0.2, 0.25) is 0 Å². The van der Waals surface area contributed by atoms with Gasteiger partial charge in [-0.2, -0.15) is 0 Å². The first-order valence-corrected chi connectivity index (χ1v) is 6.58. The Morgan fingerprint density at radius 2 is 2.26 bits per heavy atom. The minimum Gasteiger partial charge on any atom is -0.462 e. The number of pyridine rings is 1. The molecule has 0 saturated carbocycles. The van der Waals surface area contributed by atoms with E-state index in [9.17, 15) is 4.79 Å². The molecule has 0 aromatic carbocycles. The maximum Gasteiger partial charge on any atom is 0.341 e. The van der Waals surface area contributed by atoms with Crippen molar-refractivity contribution in [1.29, 1.82) is 0 Å². The Kier molecular flexibility index (Phi) is 6.29. The topological polar surface area (TPSA) is 54.5 Å². The maximum absolute atomic E-state index is 11.8. The van der Waals surface area contributed by atoms with Crippen molar-refractivity contribution in [2.75, 3.05) is 32.6 Å². The molecule has 1 aromatic heterocycles. The van der Waals surface area contributed by atoms with Gasteiger partial charge in [0.25, 0.3) is 0 Å². The predicted octanol–water partition coefficient (Wildman–Crippen LogP) is 2.01. The van der Waals surface area contributed by atoms with Crippen molar-refractivity contribution < 1.29 is 9.53 Å². The normalized spacial score (nSPS) is 12.3. The average Bonchev–Trinajstić information content (AvgIpc) is 2.37. The number of rotatable bonds is 7. The number of ether oxygens (including phenoxy) is 1. The van der Waals surface area contributed by atoms with Crippen LogP contribution in [0.1, 0.15) is 30.6 Å². The highest BCUT2D eigenvalue weighted by atomic mass is 16.5. The number of aromatic nitrogens is 1. The van der Waals surface area contributed by atoms with E-state index >= 15 is 0 Å². The van der Waals surface area contributed by atoms with E-state index in [2.05, 4.69) is 22.1 Å². The molecule has 19 heavy (non-hydrogen) atoms. The first-order chi connectivity index (χ1) is 9.04. The second kappa shape index (κ2) is 7.74. The fraction of sp³-hybridized carbons (Fsp3) is 0.571. The third-order valence-electron chi connectivity index (χ3n) is 2.70. The Hall–Kier alpha value is -1.62. The van der Waals surface area contributed by atoms with Gasteiger partial charge in [-0.3, -0.25) is 0 Å². The van der Waals surface area contributed by atoms with Gasteiger partial charge in [0, 0.05) is 12.2 Å². The van der Waals surface area contributed by atoms with Crippen LogP contribution in [0, 0.1) is 0 Å². The van der Waals surface area contributed by atoms with Gasteiger partial charge in [-0.15, -0.1) is 0 Å². The summed E-state index contributed by atoms with van der Waals surface area (Å²) in [6.07, 6.45) is 2.65. The Bertz CT molecular complexity index is 407. The summed E-state index contributed by atoms with van der Waals surface area (Å²) in [5.41, 5.74) is 0.487. The molecular formula is C14H23N3O2. The van der Waals surface area contributed by atoms with Gasteiger partial charge in [-0.25, -0.2) is 9.78 Å². The smallest absolute Gasteiger partial charge is 0.341 e. The van der Waals surface area contributed by atoms with Crippen LogP contribution in [0.15, 0.2) is 18.3 Å². The summed E-state index contributed by atoms with van der Waals surface area (Å²) in [7, 11) is 4.08. The molecule has 0 saturated heterocycles. The quantitative estimate of drug-likeness (QED) is 0.764. The largest absolute Gasteiger partial charge is 0.462 e. The van der Waals surface area contributed by atoms with Gasteiger partial charge in [0.2, 0.25) is 0 Å². The van der Waals surface area contributed by atoms with Gasteiger partial charge in [0.05, 0.1) is 6.61 Å². The van der Waals surface area contributed by atoms with Crippen LogP contribution in [0.25, 0.3) is 0 Å². The minimum atomic E-state index is -0.335. The van der Waals surface area contributed by atoms with Crippen LogP contribution in [-0.2, 0) is 4.74 Å². The number of nitrogens with one attached hydrogen (secondary N) is 1. The van der Waals surface area contributed by atoms with E-state index in [1.54, 1.807) is 25.3 Å². The molecule has 0 bridgehead atoms. The lowest BCUT2D eigenvalue weighted by Gasteiger charge is -2.18. The summed E-state index contributed by atoms with van der Waals surface area (Å²) in [5, 5.41) is 3.27. The van der Waals surface area contributed by atoms with Crippen molar-refractivity contribution in [2.24, 2.45) is 0 Å². The monoisotopic (exact) mass is 265 g/mol. The lowest BCUT2D eigenvalue weighted by Crippen LogP contribution is -2.24. The number of anilines is 1. The highest BCUT2D eigenvalue weighted by Crippen LogP contribution is 2.14. The standard InChI is InChI=1S/C14H23N3O2/c1-5-19-14(18)12-7-6-9-15-13(12)16-11(2)8-10-17(3)4/h6-7,9,11H,5,8,10H2,1-4H3,(H,15,16). The van der Waals surface area contributed by atoms with E-state index in [0.29, 0.717) is 18.0 Å². The lowest BCUT2D eigenvalue weighted by molar-refractivity contribution is 0.0527. The lowest BCUT2D eigenvalue weighted by atomic mass is 10.2. The van der Waals surface area contributed by atoms with E-state index in [0.717, 1.165) is 13.0 Å². The van der Waals surface area contributed by atoms with Crippen LogP contribution in [0.4, 0.5) is 5.82 Å². The minimum absolute atomic E-state index is 0.241. The Labute approximate surface area is 115 Å².